The van der Waals surface area contributed by atoms with Crippen LogP contribution in [0.5, 0.6) is 0 Å². The van der Waals surface area contributed by atoms with Crippen LogP contribution in [0.4, 0.5) is 0 Å². The molecule has 0 bridgehead atoms. The van der Waals surface area contributed by atoms with E-state index in [4.69, 9.17) is 4.74 Å². The summed E-state index contributed by atoms with van der Waals surface area (Å²) < 4.78 is 5.67. The predicted molar refractivity (Wildman–Crippen MR) is 98.7 cm³/mol. The van der Waals surface area contributed by atoms with Crippen molar-refractivity contribution >= 4 is 16.8 Å². The van der Waals surface area contributed by atoms with E-state index in [2.05, 4.69) is 11.1 Å². The van der Waals surface area contributed by atoms with Crippen LogP contribution in [0.1, 0.15) is 42.9 Å². The maximum atomic E-state index is 12.5. The summed E-state index contributed by atoms with van der Waals surface area (Å²) >= 11 is 0. The minimum Gasteiger partial charge on any atom is -0.376 e. The lowest BCUT2D eigenvalue weighted by Gasteiger charge is -2.25. The first kappa shape index (κ1) is 17.7. The molecule has 2 heterocycles. The largest absolute Gasteiger partial charge is 0.376 e. The second kappa shape index (κ2) is 7.40. The summed E-state index contributed by atoms with van der Waals surface area (Å²) in [5, 5.41) is 1.03. The molecule has 1 aromatic heterocycles. The second-order valence-electron chi connectivity index (χ2n) is 6.93. The van der Waals surface area contributed by atoms with Crippen molar-refractivity contribution < 1.29 is 9.53 Å². The van der Waals surface area contributed by atoms with Gasteiger partial charge in [-0.2, -0.15) is 0 Å². The Morgan fingerprint density at radius 2 is 2.12 bits per heavy atom. The minimum absolute atomic E-state index is 0.0515. The number of aromatic amines is 1. The zero-order valence-electron chi connectivity index (χ0n) is 15.2. The number of hydrogen-bond acceptors (Lipinski definition) is 3. The van der Waals surface area contributed by atoms with Gasteiger partial charge < -0.3 is 14.6 Å². The normalized spacial score (nSPS) is 17.2. The summed E-state index contributed by atoms with van der Waals surface area (Å²) in [4.78, 5) is 29.6. The molecule has 25 heavy (non-hydrogen) atoms. The molecule has 1 aliphatic rings. The monoisotopic (exact) mass is 342 g/mol. The third-order valence-corrected chi connectivity index (χ3v) is 4.85. The fourth-order valence-corrected chi connectivity index (χ4v) is 3.55. The van der Waals surface area contributed by atoms with Crippen molar-refractivity contribution in [2.75, 3.05) is 13.2 Å². The minimum atomic E-state index is -0.126. The van der Waals surface area contributed by atoms with Crippen LogP contribution in [0.15, 0.2) is 23.0 Å². The van der Waals surface area contributed by atoms with Gasteiger partial charge >= 0.3 is 0 Å². The number of hydrogen-bond donors (Lipinski definition) is 1. The lowest BCUT2D eigenvalue weighted by atomic mass is 10.0. The fraction of sp³-hybridized carbons (Fsp3) is 0.500. The number of nitrogens with zero attached hydrogens (tertiary/aromatic N) is 1. The molecule has 0 spiro atoms. The van der Waals surface area contributed by atoms with Crippen LogP contribution < -0.4 is 5.56 Å². The van der Waals surface area contributed by atoms with E-state index in [1.807, 2.05) is 32.9 Å². The van der Waals surface area contributed by atoms with Crippen molar-refractivity contribution in [3.05, 3.63) is 45.2 Å². The predicted octanol–water partition coefficient (Wildman–Crippen LogP) is 3.06. The molecule has 1 aromatic carbocycles. The molecular weight excluding hydrogens is 316 g/mol. The molecule has 1 N–H and O–H groups in total. The van der Waals surface area contributed by atoms with Crippen molar-refractivity contribution in [2.24, 2.45) is 0 Å². The molecule has 1 saturated heterocycles. The Hall–Kier alpha value is -2.14. The number of benzene rings is 1. The van der Waals surface area contributed by atoms with Crippen LogP contribution in [-0.4, -0.2) is 35.0 Å². The Morgan fingerprint density at radius 3 is 2.80 bits per heavy atom. The Morgan fingerprint density at radius 1 is 1.32 bits per heavy atom. The van der Waals surface area contributed by atoms with E-state index in [1.165, 1.54) is 0 Å². The van der Waals surface area contributed by atoms with Crippen molar-refractivity contribution in [1.82, 2.24) is 9.88 Å². The summed E-state index contributed by atoms with van der Waals surface area (Å²) in [6, 6.07) is 6.01. The standard InChI is InChI=1S/C20H26N2O3/c1-4-19(23)22(12-16-6-5-7-25-16)11-15-10-17-14(3)8-13(2)9-18(17)21-20(15)24/h8-10,16H,4-7,11-12H2,1-3H3,(H,21,24)/t16-/m0/s1. The van der Waals surface area contributed by atoms with Crippen molar-refractivity contribution in [2.45, 2.75) is 52.7 Å². The SMILES string of the molecule is CCC(=O)N(Cc1cc2c(C)cc(C)cc2[nH]c1=O)C[C@@H]1CCCO1. The highest BCUT2D eigenvalue weighted by Crippen LogP contribution is 2.20. The van der Waals surface area contributed by atoms with Crippen molar-refractivity contribution in [3.8, 4) is 0 Å². The molecule has 0 radical (unpaired) electrons. The number of aromatic nitrogens is 1. The summed E-state index contributed by atoms with van der Waals surface area (Å²) in [6.45, 7) is 7.54. The first-order valence-electron chi connectivity index (χ1n) is 9.00. The van der Waals surface area contributed by atoms with Crippen molar-refractivity contribution in [3.63, 3.8) is 0 Å². The lowest BCUT2D eigenvalue weighted by Crippen LogP contribution is -2.37. The Kier molecular flexibility index (Phi) is 5.23. The highest BCUT2D eigenvalue weighted by Gasteiger charge is 2.22. The molecule has 1 fully saturated rings. The number of pyridine rings is 1. The average molecular weight is 342 g/mol. The zero-order chi connectivity index (χ0) is 18.0. The van der Waals surface area contributed by atoms with Gasteiger partial charge in [-0.25, -0.2) is 0 Å². The van der Waals surface area contributed by atoms with Crippen molar-refractivity contribution in [1.29, 1.82) is 0 Å². The number of fused-ring (bicyclic) bond motifs is 1. The first-order chi connectivity index (χ1) is 12.0. The topological polar surface area (TPSA) is 62.4 Å². The molecule has 0 aliphatic carbocycles. The number of carbonyl (C=O) groups excluding carboxylic acids is 1. The van der Waals surface area contributed by atoms with E-state index in [0.29, 0.717) is 25.1 Å². The van der Waals surface area contributed by atoms with Crippen LogP contribution in [-0.2, 0) is 16.1 Å². The molecule has 5 heteroatoms. The van der Waals surface area contributed by atoms with Gasteiger partial charge in [-0.3, -0.25) is 9.59 Å². The van der Waals surface area contributed by atoms with Crippen LogP contribution in [0.25, 0.3) is 10.9 Å². The molecule has 1 aliphatic heterocycles. The highest BCUT2D eigenvalue weighted by atomic mass is 16.5. The molecule has 1 atom stereocenters. The quantitative estimate of drug-likeness (QED) is 0.908. The number of H-pyrrole nitrogens is 1. The molecule has 0 saturated carbocycles. The van der Waals surface area contributed by atoms with Gasteiger partial charge in [0.25, 0.3) is 5.56 Å². The van der Waals surface area contributed by atoms with Gasteiger partial charge in [0.15, 0.2) is 0 Å². The van der Waals surface area contributed by atoms with E-state index >= 15 is 0 Å². The molecule has 2 aromatic rings. The van der Waals surface area contributed by atoms with Gasteiger partial charge in [0.2, 0.25) is 5.91 Å². The number of rotatable bonds is 5. The second-order valence-corrected chi connectivity index (χ2v) is 6.93. The van der Waals surface area contributed by atoms with Gasteiger partial charge in [0.05, 0.1) is 12.6 Å². The summed E-state index contributed by atoms with van der Waals surface area (Å²) in [5.41, 5.74) is 3.59. The number of ether oxygens (including phenoxy) is 1. The summed E-state index contributed by atoms with van der Waals surface area (Å²) in [6.07, 6.45) is 2.52. The maximum Gasteiger partial charge on any atom is 0.253 e. The third kappa shape index (κ3) is 3.93. The van der Waals surface area contributed by atoms with E-state index in [9.17, 15) is 9.59 Å². The third-order valence-electron chi connectivity index (χ3n) is 4.85. The van der Waals surface area contributed by atoms with Crippen LogP contribution in [0, 0.1) is 13.8 Å². The van der Waals surface area contributed by atoms with Crippen LogP contribution >= 0.6 is 0 Å². The van der Waals surface area contributed by atoms with Gasteiger partial charge in [0, 0.05) is 36.0 Å². The number of amides is 1. The molecule has 1 amide bonds. The van der Waals surface area contributed by atoms with E-state index in [0.717, 1.165) is 41.5 Å². The average Bonchev–Trinajstić information content (AvgIpc) is 3.07. The van der Waals surface area contributed by atoms with Crippen LogP contribution in [0.3, 0.4) is 0 Å². The van der Waals surface area contributed by atoms with E-state index in [-0.39, 0.29) is 17.6 Å². The first-order valence-corrected chi connectivity index (χ1v) is 9.00. The van der Waals surface area contributed by atoms with E-state index in [1.54, 1.807) is 4.90 Å². The number of nitrogens with one attached hydrogen (secondary N) is 1. The zero-order valence-corrected chi connectivity index (χ0v) is 15.2. The van der Waals surface area contributed by atoms with E-state index < -0.39 is 0 Å². The highest BCUT2D eigenvalue weighted by molar-refractivity contribution is 5.83. The smallest absolute Gasteiger partial charge is 0.253 e. The van der Waals surface area contributed by atoms with Crippen LogP contribution in [0.2, 0.25) is 0 Å². The van der Waals surface area contributed by atoms with Gasteiger partial charge in [0.1, 0.15) is 0 Å². The molecule has 5 nitrogen and oxygen atoms in total. The number of aryl methyl sites for hydroxylation is 2. The molecule has 134 valence electrons. The maximum absolute atomic E-state index is 12.5. The van der Waals surface area contributed by atoms with Gasteiger partial charge in [-0.15, -0.1) is 0 Å². The summed E-state index contributed by atoms with van der Waals surface area (Å²) in [7, 11) is 0. The van der Waals surface area contributed by atoms with Gasteiger partial charge in [-0.05, 0) is 49.9 Å². The fourth-order valence-electron chi connectivity index (χ4n) is 3.55. The number of carbonyl (C=O) groups is 1. The Labute approximate surface area is 148 Å². The van der Waals surface area contributed by atoms with Gasteiger partial charge in [-0.1, -0.05) is 13.0 Å². The Bertz CT molecular complexity index is 835. The Balaban J connectivity index is 1.91. The molecular formula is C20H26N2O3. The lowest BCUT2D eigenvalue weighted by molar-refractivity contribution is -0.133. The molecule has 0 unspecified atom stereocenters. The summed E-state index contributed by atoms with van der Waals surface area (Å²) in [5.74, 6) is 0.0515. The molecule has 3 rings (SSSR count).